The van der Waals surface area contributed by atoms with Gasteiger partial charge in [-0.3, -0.25) is 4.79 Å². The number of amides is 1. The Labute approximate surface area is 181 Å². The number of anilines is 2. The Morgan fingerprint density at radius 3 is 2.43 bits per heavy atom. The summed E-state index contributed by atoms with van der Waals surface area (Å²) in [5.41, 5.74) is 2.86. The van der Waals surface area contributed by atoms with Crippen molar-refractivity contribution in [3.8, 4) is 0 Å². The van der Waals surface area contributed by atoms with Crippen LogP contribution in [0.1, 0.15) is 38.7 Å². The van der Waals surface area contributed by atoms with Gasteiger partial charge in [0.25, 0.3) is 0 Å². The van der Waals surface area contributed by atoms with Crippen molar-refractivity contribution in [1.29, 1.82) is 10.8 Å². The van der Waals surface area contributed by atoms with E-state index in [2.05, 4.69) is 48.3 Å². The van der Waals surface area contributed by atoms with Gasteiger partial charge in [0.2, 0.25) is 5.91 Å². The van der Waals surface area contributed by atoms with Crippen molar-refractivity contribution in [2.24, 2.45) is 4.99 Å². The molecule has 0 saturated heterocycles. The molecule has 0 fully saturated rings. The van der Waals surface area contributed by atoms with Gasteiger partial charge in [-0.25, -0.2) is 4.99 Å². The van der Waals surface area contributed by atoms with Crippen LogP contribution < -0.4 is 10.2 Å². The Hall–Kier alpha value is -3.22. The van der Waals surface area contributed by atoms with Crippen LogP contribution in [0.2, 0.25) is 0 Å². The van der Waals surface area contributed by atoms with Crippen molar-refractivity contribution in [3.63, 3.8) is 0 Å². The summed E-state index contributed by atoms with van der Waals surface area (Å²) < 4.78 is 0. The molecular weight excluding hydrogens is 376 g/mol. The van der Waals surface area contributed by atoms with Gasteiger partial charge in [-0.15, -0.1) is 6.58 Å². The highest BCUT2D eigenvalue weighted by Gasteiger charge is 2.13. The highest BCUT2D eigenvalue weighted by atomic mass is 16.1. The number of nitrogens with one attached hydrogen (secondary N) is 3. The number of rotatable bonds is 11. The number of benzene rings is 1. The molecule has 1 amide bonds. The average molecular weight is 413 g/mol. The Bertz CT molecular complexity index is 754. The number of hydrogen-bond donors (Lipinski definition) is 3. The van der Waals surface area contributed by atoms with Crippen LogP contribution in [0.4, 0.5) is 11.4 Å². The second kappa shape index (κ2) is 14.7. The molecule has 0 aromatic heterocycles. The van der Waals surface area contributed by atoms with E-state index in [4.69, 9.17) is 10.8 Å². The first-order valence-electron chi connectivity index (χ1n) is 9.85. The van der Waals surface area contributed by atoms with Gasteiger partial charge in [-0.2, -0.15) is 0 Å². The van der Waals surface area contributed by atoms with Crippen molar-refractivity contribution in [2.75, 3.05) is 37.4 Å². The summed E-state index contributed by atoms with van der Waals surface area (Å²) in [5.74, 6) is 0.757. The van der Waals surface area contributed by atoms with Gasteiger partial charge in [0.05, 0.1) is 17.8 Å². The summed E-state index contributed by atoms with van der Waals surface area (Å²) >= 11 is 0. The lowest BCUT2D eigenvalue weighted by molar-refractivity contribution is -0.115. The Morgan fingerprint density at radius 2 is 1.90 bits per heavy atom. The zero-order chi connectivity index (χ0) is 23.1. The highest BCUT2D eigenvalue weighted by Crippen LogP contribution is 2.29. The quantitative estimate of drug-likeness (QED) is 0.368. The molecule has 1 aromatic rings. The molecule has 0 heterocycles. The van der Waals surface area contributed by atoms with Crippen LogP contribution in [0.25, 0.3) is 0 Å². The summed E-state index contributed by atoms with van der Waals surface area (Å²) in [7, 11) is 3.87. The number of aliphatic imine (C=N–C) groups is 1. The molecule has 0 aliphatic heterocycles. The van der Waals surface area contributed by atoms with Crippen LogP contribution in [0.15, 0.2) is 48.2 Å². The fourth-order valence-corrected chi connectivity index (χ4v) is 2.39. The van der Waals surface area contributed by atoms with E-state index in [1.54, 1.807) is 6.08 Å². The average Bonchev–Trinajstić information content (AvgIpc) is 2.70. The Morgan fingerprint density at radius 1 is 1.27 bits per heavy atom. The predicted octanol–water partition coefficient (Wildman–Crippen LogP) is 4.54. The van der Waals surface area contributed by atoms with Crippen molar-refractivity contribution < 1.29 is 4.79 Å². The van der Waals surface area contributed by atoms with Crippen molar-refractivity contribution in [3.05, 3.63) is 48.8 Å². The summed E-state index contributed by atoms with van der Waals surface area (Å²) in [6.07, 6.45) is 5.41. The summed E-state index contributed by atoms with van der Waals surface area (Å²) in [6.45, 7) is 14.8. The van der Waals surface area contributed by atoms with Crippen LogP contribution in [0.5, 0.6) is 0 Å². The van der Waals surface area contributed by atoms with Crippen molar-refractivity contribution in [2.45, 2.75) is 33.1 Å². The zero-order valence-corrected chi connectivity index (χ0v) is 18.9. The van der Waals surface area contributed by atoms with E-state index in [0.717, 1.165) is 23.8 Å². The van der Waals surface area contributed by atoms with Crippen LogP contribution in [-0.4, -0.2) is 56.6 Å². The lowest BCUT2D eigenvalue weighted by Crippen LogP contribution is -2.30. The molecule has 0 aliphatic rings. The third-order valence-electron chi connectivity index (χ3n) is 4.17. The maximum absolute atomic E-state index is 11.9. The number of hydrogen-bond acceptors (Lipinski definition) is 6. The van der Waals surface area contributed by atoms with E-state index >= 15 is 0 Å². The molecule has 0 spiro atoms. The minimum atomic E-state index is -0.205. The minimum absolute atomic E-state index is 0.0582. The molecule has 0 radical (unpaired) electrons. The third kappa shape index (κ3) is 9.82. The van der Waals surface area contributed by atoms with E-state index in [1.807, 2.05) is 38.1 Å². The van der Waals surface area contributed by atoms with Gasteiger partial charge in [0.1, 0.15) is 5.82 Å². The van der Waals surface area contributed by atoms with Crippen LogP contribution in [0.3, 0.4) is 0 Å². The summed E-state index contributed by atoms with van der Waals surface area (Å²) in [5, 5.41) is 17.0. The van der Waals surface area contributed by atoms with E-state index in [0.29, 0.717) is 24.8 Å². The molecule has 0 saturated carbocycles. The molecule has 3 N–H and O–H groups in total. The number of likely N-dealkylation sites (N-methyl/N-ethyl adjacent to an activating group) is 2. The fraction of sp³-hybridized carbons (Fsp3) is 0.391. The Kier molecular flexibility index (Phi) is 13.2. The van der Waals surface area contributed by atoms with Crippen LogP contribution in [0, 0.1) is 10.8 Å². The van der Waals surface area contributed by atoms with Crippen molar-refractivity contribution in [1.82, 2.24) is 4.90 Å². The maximum Gasteiger partial charge on any atom is 0.229 e. The molecule has 0 aliphatic carbocycles. The molecule has 1 aromatic carbocycles. The minimum Gasteiger partial charge on any atom is -0.371 e. The second-order valence-electron chi connectivity index (χ2n) is 7.00. The number of carbonyl (C=O) groups is 1. The van der Waals surface area contributed by atoms with Crippen molar-refractivity contribution >= 4 is 35.9 Å². The van der Waals surface area contributed by atoms with E-state index in [9.17, 15) is 4.79 Å². The third-order valence-corrected chi connectivity index (χ3v) is 4.17. The number of carbonyl (C=O) groups excluding carboxylic acids is 1. The lowest BCUT2D eigenvalue weighted by atomic mass is 10.0. The largest absolute Gasteiger partial charge is 0.371 e. The predicted molar refractivity (Wildman–Crippen MR) is 131 cm³/mol. The Balaban J connectivity index is 0.00000263. The number of allylic oxidation sites excluding steroid dienone is 1. The fourth-order valence-electron chi connectivity index (χ4n) is 2.39. The molecule has 0 bridgehead atoms. The molecule has 1 rings (SSSR count). The summed E-state index contributed by atoms with van der Waals surface area (Å²) in [6, 6.07) is 6.02. The van der Waals surface area contributed by atoms with Gasteiger partial charge in [-0.05, 0) is 30.5 Å². The van der Waals surface area contributed by atoms with E-state index in [1.165, 1.54) is 11.8 Å². The zero-order valence-electron chi connectivity index (χ0n) is 18.9. The lowest BCUT2D eigenvalue weighted by Gasteiger charge is -2.27. The van der Waals surface area contributed by atoms with Crippen LogP contribution in [-0.2, 0) is 4.79 Å². The second-order valence-corrected chi connectivity index (χ2v) is 7.00. The van der Waals surface area contributed by atoms with E-state index < -0.39 is 0 Å². The van der Waals surface area contributed by atoms with Gasteiger partial charge < -0.3 is 25.9 Å². The number of nitrogens with zero attached hydrogens (tertiary/aromatic N) is 3. The molecule has 7 nitrogen and oxygen atoms in total. The SMILES string of the molecule is C=C(/N=C\C=N)N(C)CCN(C)c1cc(C(C)C)ccc1NC(=O)CC=N.C=CC. The maximum atomic E-state index is 11.9. The monoisotopic (exact) mass is 412 g/mol. The molecule has 0 atom stereocenters. The highest BCUT2D eigenvalue weighted by molar-refractivity contribution is 6.14. The first-order chi connectivity index (χ1) is 14.2. The molecular formula is C23H36N6O. The van der Waals surface area contributed by atoms with Crippen LogP contribution >= 0.6 is 0 Å². The van der Waals surface area contributed by atoms with Gasteiger partial charge in [0, 0.05) is 45.8 Å². The topological polar surface area (TPSA) is 95.6 Å². The molecule has 30 heavy (non-hydrogen) atoms. The van der Waals surface area contributed by atoms with Gasteiger partial charge in [-0.1, -0.05) is 32.6 Å². The standard InChI is InChI=1S/C20H30N6O.C3H6/c1-15(2)17-6-7-18(24-20(27)8-9-21)19(14-17)26(5)13-12-25(4)16(3)23-11-10-22;1-3-2/h6-7,9-11,14-15,21-22H,3,8,12-13H2,1-2,4-5H3,(H,24,27);3H,1H2,2H3/b21-9?,22-10?,23-11-;. The van der Waals surface area contributed by atoms with Gasteiger partial charge in [0.15, 0.2) is 0 Å². The molecule has 7 heteroatoms. The normalized spacial score (nSPS) is 10.1. The first kappa shape index (κ1) is 26.8. The first-order valence-corrected chi connectivity index (χ1v) is 9.85. The smallest absolute Gasteiger partial charge is 0.229 e. The van der Waals surface area contributed by atoms with Gasteiger partial charge >= 0.3 is 0 Å². The molecule has 0 unspecified atom stereocenters. The van der Waals surface area contributed by atoms with E-state index in [-0.39, 0.29) is 12.3 Å². The summed E-state index contributed by atoms with van der Waals surface area (Å²) in [4.78, 5) is 20.0. The molecule has 164 valence electrons.